The summed E-state index contributed by atoms with van der Waals surface area (Å²) in [5.74, 6) is -0.0854. The topological polar surface area (TPSA) is 148 Å². The number of carbonyl (C=O) groups excluding carboxylic acids is 4. The zero-order valence-electron chi connectivity index (χ0n) is 25.3. The Morgan fingerprint density at radius 1 is 0.659 bits per heavy atom. The van der Waals surface area contributed by atoms with Crippen molar-refractivity contribution in [3.63, 3.8) is 0 Å². The van der Waals surface area contributed by atoms with Crippen LogP contribution in [0.4, 0.5) is 9.59 Å². The number of hydrogen-bond donors (Lipinski definition) is 2. The predicted octanol–water partition coefficient (Wildman–Crippen LogP) is 4.17. The molecule has 0 unspecified atom stereocenters. The van der Waals surface area contributed by atoms with E-state index in [2.05, 4.69) is 23.8 Å². The van der Waals surface area contributed by atoms with Crippen LogP contribution in [0.2, 0.25) is 0 Å². The summed E-state index contributed by atoms with van der Waals surface area (Å²) in [6, 6.07) is 7.29. The maximum atomic E-state index is 12.7. The van der Waals surface area contributed by atoms with Gasteiger partial charge in [0.15, 0.2) is 0 Å². The summed E-state index contributed by atoms with van der Waals surface area (Å²) >= 11 is 0. The zero-order valence-corrected chi connectivity index (χ0v) is 25.3. The summed E-state index contributed by atoms with van der Waals surface area (Å²) in [7, 11) is 0. The van der Waals surface area contributed by atoms with Crippen LogP contribution in [0.3, 0.4) is 0 Å². The number of esters is 2. The first-order valence-electron chi connectivity index (χ1n) is 14.5. The van der Waals surface area contributed by atoms with Crippen LogP contribution in [0, 0.1) is 0 Å². The normalized spacial score (nSPS) is 12.0. The van der Waals surface area contributed by atoms with E-state index in [-0.39, 0.29) is 52.7 Å². The van der Waals surface area contributed by atoms with Gasteiger partial charge in [0.05, 0.1) is 26.4 Å². The van der Waals surface area contributed by atoms with Crippen LogP contribution in [0.5, 0.6) is 11.5 Å². The highest BCUT2D eigenvalue weighted by atomic mass is 16.6. The SMILES string of the molecule is C=C(C)C(=O)OCCOCCNC(=O)Oc1c2c(c(OC(=O)NCCOCCOC(=O)C(=C)C)c3ccccc13)CCCC2. The summed E-state index contributed by atoms with van der Waals surface area (Å²) in [6.45, 7) is 11.5. The summed E-state index contributed by atoms with van der Waals surface area (Å²) in [5, 5.41) is 6.65. The van der Waals surface area contributed by atoms with E-state index < -0.39 is 24.1 Å². The lowest BCUT2D eigenvalue weighted by molar-refractivity contribution is -0.141. The molecule has 0 atom stereocenters. The molecule has 12 nitrogen and oxygen atoms in total. The molecule has 0 bridgehead atoms. The average molecular weight is 613 g/mol. The van der Waals surface area contributed by atoms with E-state index in [1.807, 2.05) is 24.3 Å². The Hall–Kier alpha value is -4.42. The molecule has 0 radical (unpaired) electrons. The molecule has 238 valence electrons. The molecular weight excluding hydrogens is 572 g/mol. The summed E-state index contributed by atoms with van der Waals surface area (Å²) in [5.41, 5.74) is 2.28. The molecule has 12 heteroatoms. The number of fused-ring (bicyclic) bond motifs is 2. The van der Waals surface area contributed by atoms with Crippen molar-refractivity contribution < 1.29 is 47.6 Å². The van der Waals surface area contributed by atoms with Crippen LogP contribution in [0.25, 0.3) is 10.8 Å². The standard InChI is InChI=1S/C32H40N2O10/c1-21(2)29(35)41-19-17-39-15-13-33-31(37)43-27-23-9-5-7-11-25(23)28(26-12-8-6-10-24(26)27)44-32(38)34-14-16-40-18-20-42-30(36)22(3)4/h5,7,9,11H,1,3,6,8,10,12-20H2,2,4H3,(H,33,37)(H,34,38). The first kappa shape index (κ1) is 34.1. The zero-order chi connectivity index (χ0) is 31.9. The molecule has 44 heavy (non-hydrogen) atoms. The van der Waals surface area contributed by atoms with Crippen LogP contribution >= 0.6 is 0 Å². The first-order valence-corrected chi connectivity index (χ1v) is 14.5. The Kier molecular flexibility index (Phi) is 13.7. The summed E-state index contributed by atoms with van der Waals surface area (Å²) < 4.78 is 32.3. The van der Waals surface area contributed by atoms with Crippen molar-refractivity contribution in [3.05, 3.63) is 59.7 Å². The Morgan fingerprint density at radius 2 is 1.07 bits per heavy atom. The molecule has 0 heterocycles. The van der Waals surface area contributed by atoms with E-state index in [1.165, 1.54) is 0 Å². The Bertz CT molecular complexity index is 1270. The minimum Gasteiger partial charge on any atom is -0.460 e. The van der Waals surface area contributed by atoms with Crippen molar-refractivity contribution in [1.29, 1.82) is 0 Å². The van der Waals surface area contributed by atoms with Gasteiger partial charge in [0.2, 0.25) is 0 Å². The molecule has 1 aliphatic carbocycles. The van der Waals surface area contributed by atoms with Crippen molar-refractivity contribution >= 4 is 34.9 Å². The summed E-state index contributed by atoms with van der Waals surface area (Å²) in [6.07, 6.45) is 1.85. The minimum atomic E-state index is -0.638. The lowest BCUT2D eigenvalue weighted by Crippen LogP contribution is -2.31. The second kappa shape index (κ2) is 17.6. The third kappa shape index (κ3) is 10.4. The molecule has 2 aromatic rings. The van der Waals surface area contributed by atoms with E-state index in [1.54, 1.807) is 13.8 Å². The fourth-order valence-electron chi connectivity index (χ4n) is 4.39. The monoisotopic (exact) mass is 612 g/mol. The highest BCUT2D eigenvalue weighted by Crippen LogP contribution is 2.44. The van der Waals surface area contributed by atoms with Crippen molar-refractivity contribution in [1.82, 2.24) is 10.6 Å². The first-order chi connectivity index (χ1) is 21.2. The van der Waals surface area contributed by atoms with Crippen LogP contribution in [0.1, 0.15) is 37.8 Å². The summed E-state index contributed by atoms with van der Waals surface area (Å²) in [4.78, 5) is 48.2. The van der Waals surface area contributed by atoms with E-state index in [9.17, 15) is 19.2 Å². The van der Waals surface area contributed by atoms with Gasteiger partial charge in [0.1, 0.15) is 24.7 Å². The van der Waals surface area contributed by atoms with Gasteiger partial charge in [-0.25, -0.2) is 19.2 Å². The molecule has 0 saturated heterocycles. The van der Waals surface area contributed by atoms with Gasteiger partial charge in [-0.15, -0.1) is 0 Å². The van der Waals surface area contributed by atoms with Gasteiger partial charge in [0.25, 0.3) is 0 Å². The van der Waals surface area contributed by atoms with E-state index in [4.69, 9.17) is 28.4 Å². The molecule has 0 saturated carbocycles. The number of ether oxygens (including phenoxy) is 6. The molecule has 0 aliphatic heterocycles. The predicted molar refractivity (Wildman–Crippen MR) is 162 cm³/mol. The lowest BCUT2D eigenvalue weighted by atomic mass is 9.87. The molecule has 2 N–H and O–H groups in total. The van der Waals surface area contributed by atoms with Crippen LogP contribution in [-0.4, -0.2) is 76.9 Å². The van der Waals surface area contributed by atoms with Crippen molar-refractivity contribution in [3.8, 4) is 11.5 Å². The average Bonchev–Trinajstić information content (AvgIpc) is 3.01. The molecular formula is C32H40N2O10. The molecule has 2 aromatic carbocycles. The highest BCUT2D eigenvalue weighted by molar-refractivity contribution is 5.98. The van der Waals surface area contributed by atoms with Gasteiger partial charge in [-0.2, -0.15) is 0 Å². The second-order valence-corrected chi connectivity index (χ2v) is 10.1. The third-order valence-electron chi connectivity index (χ3n) is 6.47. The largest absolute Gasteiger partial charge is 0.460 e. The number of rotatable bonds is 16. The van der Waals surface area contributed by atoms with Crippen LogP contribution in [-0.2, 0) is 41.4 Å². The van der Waals surface area contributed by atoms with Gasteiger partial charge in [-0.1, -0.05) is 37.4 Å². The van der Waals surface area contributed by atoms with Crippen molar-refractivity contribution in [2.24, 2.45) is 0 Å². The Morgan fingerprint density at radius 3 is 1.45 bits per heavy atom. The molecule has 0 fully saturated rings. The number of carbonyl (C=O) groups is 4. The minimum absolute atomic E-state index is 0.0866. The molecule has 2 amide bonds. The molecule has 0 aromatic heterocycles. The molecule has 1 aliphatic rings. The van der Waals surface area contributed by atoms with Gasteiger partial charge in [0, 0.05) is 46.1 Å². The quantitative estimate of drug-likeness (QED) is 0.161. The number of hydrogen-bond acceptors (Lipinski definition) is 10. The van der Waals surface area contributed by atoms with Crippen molar-refractivity contribution in [2.75, 3.05) is 52.7 Å². The van der Waals surface area contributed by atoms with E-state index in [0.717, 1.165) is 24.0 Å². The Balaban J connectivity index is 1.56. The molecule has 0 spiro atoms. The van der Waals surface area contributed by atoms with E-state index in [0.29, 0.717) is 46.3 Å². The van der Waals surface area contributed by atoms with Gasteiger partial charge >= 0.3 is 24.1 Å². The lowest BCUT2D eigenvalue weighted by Gasteiger charge is -2.24. The third-order valence-corrected chi connectivity index (χ3v) is 6.47. The van der Waals surface area contributed by atoms with Gasteiger partial charge in [-0.05, 0) is 39.5 Å². The van der Waals surface area contributed by atoms with Crippen LogP contribution < -0.4 is 20.1 Å². The smallest absolute Gasteiger partial charge is 0.412 e. The molecule has 3 rings (SSSR count). The van der Waals surface area contributed by atoms with Crippen LogP contribution in [0.15, 0.2) is 48.6 Å². The van der Waals surface area contributed by atoms with Gasteiger partial charge in [-0.3, -0.25) is 0 Å². The maximum Gasteiger partial charge on any atom is 0.412 e. The number of nitrogens with one attached hydrogen (secondary N) is 2. The fraction of sp³-hybridized carbons (Fsp3) is 0.438. The Labute approximate surface area is 256 Å². The number of amides is 2. The van der Waals surface area contributed by atoms with Gasteiger partial charge < -0.3 is 39.1 Å². The van der Waals surface area contributed by atoms with E-state index >= 15 is 0 Å². The fourth-order valence-corrected chi connectivity index (χ4v) is 4.39. The maximum absolute atomic E-state index is 12.7. The van der Waals surface area contributed by atoms with Crippen molar-refractivity contribution in [2.45, 2.75) is 39.5 Å². The second-order valence-electron chi connectivity index (χ2n) is 10.1. The number of benzene rings is 2. The highest BCUT2D eigenvalue weighted by Gasteiger charge is 2.26.